The molecule has 1 heterocycles. The summed E-state index contributed by atoms with van der Waals surface area (Å²) in [4.78, 5) is 6.65. The molecule has 1 saturated heterocycles. The summed E-state index contributed by atoms with van der Waals surface area (Å²) < 4.78 is 5.51. The summed E-state index contributed by atoms with van der Waals surface area (Å²) in [6.07, 6.45) is 6.73. The highest BCUT2D eigenvalue weighted by atomic mass is 127. The third kappa shape index (κ3) is 7.70. The first kappa shape index (κ1) is 22.3. The van der Waals surface area contributed by atoms with E-state index in [4.69, 9.17) is 4.74 Å². The Morgan fingerprint density at radius 3 is 2.45 bits per heavy atom. The molecule has 0 aromatic rings. The van der Waals surface area contributed by atoms with Crippen molar-refractivity contribution in [3.63, 3.8) is 0 Å². The highest BCUT2D eigenvalue weighted by molar-refractivity contribution is 14.0. The maximum absolute atomic E-state index is 5.51. The highest BCUT2D eigenvalue weighted by Gasteiger charge is 2.34. The van der Waals surface area contributed by atoms with Gasteiger partial charge in [0.2, 0.25) is 0 Å². The lowest BCUT2D eigenvalue weighted by Crippen LogP contribution is -2.57. The van der Waals surface area contributed by atoms with Gasteiger partial charge in [0.25, 0.3) is 0 Å². The van der Waals surface area contributed by atoms with Crippen LogP contribution < -0.4 is 10.6 Å². The molecule has 1 aliphatic rings. The molecule has 1 aliphatic heterocycles. The average molecular weight is 444 g/mol. The summed E-state index contributed by atoms with van der Waals surface area (Å²) in [7, 11) is 6.15. The number of aliphatic imine (C=N–C) groups is 1. The van der Waals surface area contributed by atoms with Crippen molar-refractivity contribution in [1.29, 1.82) is 0 Å². The van der Waals surface area contributed by atoms with Crippen molar-refractivity contribution in [2.45, 2.75) is 31.2 Å². The first-order chi connectivity index (χ1) is 10.1. The Labute approximate surface area is 157 Å². The molecule has 0 unspecified atom stereocenters. The molecule has 0 bridgehead atoms. The van der Waals surface area contributed by atoms with Crippen LogP contribution >= 0.6 is 35.7 Å². The van der Waals surface area contributed by atoms with Gasteiger partial charge in [-0.2, -0.15) is 11.8 Å². The van der Waals surface area contributed by atoms with Crippen LogP contribution in [0.4, 0.5) is 0 Å². The minimum atomic E-state index is 0. The lowest BCUT2D eigenvalue weighted by molar-refractivity contribution is -0.00501. The lowest BCUT2D eigenvalue weighted by Gasteiger charge is -2.43. The average Bonchev–Trinajstić information content (AvgIpc) is 2.51. The van der Waals surface area contributed by atoms with E-state index in [1.807, 2.05) is 18.8 Å². The van der Waals surface area contributed by atoms with E-state index in [1.165, 1.54) is 18.6 Å². The maximum atomic E-state index is 5.51. The number of unbranched alkanes of at least 4 members (excludes halogenated alkanes) is 1. The first-order valence-electron chi connectivity index (χ1n) is 7.83. The minimum absolute atomic E-state index is 0. The molecule has 0 saturated carbocycles. The monoisotopic (exact) mass is 444 g/mol. The van der Waals surface area contributed by atoms with Crippen LogP contribution in [0, 0.1) is 0 Å². The number of rotatable bonds is 8. The number of hydrogen-bond donors (Lipinski definition) is 2. The molecule has 0 radical (unpaired) electrons. The maximum Gasteiger partial charge on any atom is 0.191 e. The van der Waals surface area contributed by atoms with Crippen molar-refractivity contribution in [1.82, 2.24) is 15.5 Å². The van der Waals surface area contributed by atoms with Gasteiger partial charge < -0.3 is 20.3 Å². The van der Waals surface area contributed by atoms with Gasteiger partial charge in [0.05, 0.1) is 0 Å². The van der Waals surface area contributed by atoms with Crippen LogP contribution in [0.25, 0.3) is 0 Å². The second-order valence-corrected chi connectivity index (χ2v) is 6.77. The predicted molar refractivity (Wildman–Crippen MR) is 109 cm³/mol. The van der Waals surface area contributed by atoms with E-state index >= 15 is 0 Å². The van der Waals surface area contributed by atoms with Crippen molar-refractivity contribution in [3.05, 3.63) is 0 Å². The summed E-state index contributed by atoms with van der Waals surface area (Å²) in [5.41, 5.74) is 0.175. The highest BCUT2D eigenvalue weighted by Crippen LogP contribution is 2.24. The molecule has 0 aliphatic carbocycles. The van der Waals surface area contributed by atoms with E-state index in [-0.39, 0.29) is 29.5 Å². The van der Waals surface area contributed by atoms with Crippen molar-refractivity contribution in [2.75, 3.05) is 59.5 Å². The minimum Gasteiger partial charge on any atom is -0.381 e. The molecule has 22 heavy (non-hydrogen) atoms. The van der Waals surface area contributed by atoms with Gasteiger partial charge in [0.1, 0.15) is 0 Å². The zero-order valence-electron chi connectivity index (χ0n) is 14.5. The second kappa shape index (κ2) is 12.7. The quantitative estimate of drug-likeness (QED) is 0.260. The van der Waals surface area contributed by atoms with Crippen molar-refractivity contribution < 1.29 is 4.74 Å². The van der Waals surface area contributed by atoms with Gasteiger partial charge in [-0.3, -0.25) is 4.99 Å². The molecule has 132 valence electrons. The molecular formula is C15H33IN4OS. The Kier molecular flexibility index (Phi) is 12.8. The molecule has 0 atom stereocenters. The van der Waals surface area contributed by atoms with Gasteiger partial charge in [0.15, 0.2) is 5.96 Å². The van der Waals surface area contributed by atoms with E-state index in [9.17, 15) is 0 Å². The summed E-state index contributed by atoms with van der Waals surface area (Å²) in [5.74, 6) is 2.14. The van der Waals surface area contributed by atoms with Gasteiger partial charge in [0, 0.05) is 38.9 Å². The Balaban J connectivity index is 0.00000441. The Morgan fingerprint density at radius 1 is 1.23 bits per heavy atom. The molecule has 0 spiro atoms. The second-order valence-electron chi connectivity index (χ2n) is 5.78. The number of ether oxygens (including phenoxy) is 1. The van der Waals surface area contributed by atoms with Gasteiger partial charge >= 0.3 is 0 Å². The fourth-order valence-corrected chi connectivity index (χ4v) is 3.07. The van der Waals surface area contributed by atoms with Crippen LogP contribution in [0.15, 0.2) is 4.99 Å². The zero-order chi connectivity index (χ0) is 15.6. The molecule has 0 aromatic carbocycles. The largest absolute Gasteiger partial charge is 0.381 e. The summed E-state index contributed by atoms with van der Waals surface area (Å²) in [5, 5.41) is 6.89. The number of nitrogens with one attached hydrogen (secondary N) is 2. The zero-order valence-corrected chi connectivity index (χ0v) is 17.6. The van der Waals surface area contributed by atoms with Gasteiger partial charge in [-0.15, -0.1) is 24.0 Å². The molecule has 0 amide bonds. The predicted octanol–water partition coefficient (Wildman–Crippen LogP) is 2.02. The van der Waals surface area contributed by atoms with E-state index in [0.717, 1.165) is 45.1 Å². The van der Waals surface area contributed by atoms with Crippen molar-refractivity contribution in [3.8, 4) is 0 Å². The molecule has 5 nitrogen and oxygen atoms in total. The van der Waals surface area contributed by atoms with Crippen LogP contribution in [0.1, 0.15) is 25.7 Å². The number of hydrogen-bond acceptors (Lipinski definition) is 4. The Bertz CT molecular complexity index is 310. The fraction of sp³-hybridized carbons (Fsp3) is 0.933. The van der Waals surface area contributed by atoms with Crippen LogP contribution in [0.5, 0.6) is 0 Å². The molecule has 1 rings (SSSR count). The third-order valence-corrected chi connectivity index (χ3v) is 4.95. The molecular weight excluding hydrogens is 411 g/mol. The summed E-state index contributed by atoms with van der Waals surface area (Å²) in [6, 6.07) is 0. The SMILES string of the molecule is CN=C(NCCCCSC)NCC1(N(C)C)CCOCC1.I. The first-order valence-corrected chi connectivity index (χ1v) is 9.22. The molecule has 2 N–H and O–H groups in total. The number of halogens is 1. The summed E-state index contributed by atoms with van der Waals surface area (Å²) in [6.45, 7) is 3.59. The molecule has 0 aromatic heterocycles. The smallest absolute Gasteiger partial charge is 0.191 e. The Morgan fingerprint density at radius 2 is 1.91 bits per heavy atom. The third-order valence-electron chi connectivity index (χ3n) is 4.25. The standard InChI is InChI=1S/C15H32N4OS.HI/c1-16-14(17-9-5-6-12-21-4)18-13-15(19(2)3)7-10-20-11-8-15;/h5-13H2,1-4H3,(H2,16,17,18);1H. The topological polar surface area (TPSA) is 48.9 Å². The van der Waals surface area contributed by atoms with Gasteiger partial charge in [-0.05, 0) is 51.8 Å². The number of nitrogens with zero attached hydrogens (tertiary/aromatic N) is 2. The van der Waals surface area contributed by atoms with E-state index in [2.05, 4.69) is 40.9 Å². The van der Waals surface area contributed by atoms with Gasteiger partial charge in [-0.25, -0.2) is 0 Å². The van der Waals surface area contributed by atoms with E-state index in [1.54, 1.807) is 0 Å². The van der Waals surface area contributed by atoms with E-state index in [0.29, 0.717) is 0 Å². The number of guanidine groups is 1. The van der Waals surface area contributed by atoms with Crippen molar-refractivity contribution >= 4 is 41.7 Å². The van der Waals surface area contributed by atoms with Gasteiger partial charge in [-0.1, -0.05) is 0 Å². The molecule has 7 heteroatoms. The fourth-order valence-electron chi connectivity index (χ4n) is 2.58. The number of thioether (sulfide) groups is 1. The summed E-state index contributed by atoms with van der Waals surface area (Å²) >= 11 is 1.91. The number of likely N-dealkylation sites (N-methyl/N-ethyl adjacent to an activating group) is 1. The van der Waals surface area contributed by atoms with Crippen LogP contribution in [0.2, 0.25) is 0 Å². The normalized spacial score (nSPS) is 18.0. The van der Waals surface area contributed by atoms with E-state index < -0.39 is 0 Å². The van der Waals surface area contributed by atoms with Crippen molar-refractivity contribution in [2.24, 2.45) is 4.99 Å². The Hall–Kier alpha value is 0.270. The molecule has 1 fully saturated rings. The lowest BCUT2D eigenvalue weighted by atomic mass is 9.88. The van der Waals surface area contributed by atoms with Crippen LogP contribution in [-0.4, -0.2) is 75.9 Å². The van der Waals surface area contributed by atoms with Crippen LogP contribution in [0.3, 0.4) is 0 Å². The van der Waals surface area contributed by atoms with Crippen LogP contribution in [-0.2, 0) is 4.74 Å².